The van der Waals surface area contributed by atoms with Gasteiger partial charge in [0, 0.05) is 10.8 Å². The molecule has 6 atom stereocenters. The third-order valence-corrected chi connectivity index (χ3v) is 8.12. The molecule has 3 aliphatic rings. The molecule has 0 aromatic heterocycles. The van der Waals surface area contributed by atoms with E-state index < -0.39 is 102 Å². The number of hydrogen-bond donors (Lipinski definition) is 3. The summed E-state index contributed by atoms with van der Waals surface area (Å²) in [5.41, 5.74) is -1.85. The van der Waals surface area contributed by atoms with Crippen molar-refractivity contribution in [1.29, 1.82) is 0 Å². The first-order chi connectivity index (χ1) is 27.9. The predicted octanol–water partition coefficient (Wildman–Crippen LogP) is 6.25. The van der Waals surface area contributed by atoms with E-state index in [1.165, 1.54) is 0 Å². The van der Waals surface area contributed by atoms with Crippen LogP contribution < -0.4 is 0 Å². The Morgan fingerprint density at radius 2 is 0.983 bits per heavy atom. The van der Waals surface area contributed by atoms with Crippen molar-refractivity contribution >= 4 is 36.2 Å². The Hall–Kier alpha value is -4.68. The maximum atomic E-state index is 12.4. The molecule has 18 nitrogen and oxygen atoms in total. The fourth-order valence-electron chi connectivity index (χ4n) is 5.65. The highest BCUT2D eigenvalue weighted by atomic mass is 16.6. The number of carboxylic acid groups (broad SMARTS) is 3. The first-order valence-electron chi connectivity index (χ1n) is 20.5. The average Bonchev–Trinajstić information content (AvgIpc) is 3.79. The van der Waals surface area contributed by atoms with Crippen molar-refractivity contribution in [2.75, 3.05) is 19.8 Å². The van der Waals surface area contributed by atoms with E-state index in [-0.39, 0.29) is 25.7 Å². The third kappa shape index (κ3) is 14.8. The maximum Gasteiger partial charge on any atom is 0.413 e. The van der Waals surface area contributed by atoms with Gasteiger partial charge in [0.25, 0.3) is 0 Å². The lowest BCUT2D eigenvalue weighted by Crippen LogP contribution is -2.51. The van der Waals surface area contributed by atoms with Gasteiger partial charge in [-0.1, -0.05) is 85.7 Å². The van der Waals surface area contributed by atoms with E-state index in [0.29, 0.717) is 0 Å². The second-order valence-electron chi connectivity index (χ2n) is 18.4. The SMILES string of the molecule is [2H][C@]1(C(=O)O)CO[C@@H](C(C)(C)C)N1C(=O)OC(C)(C)C.[2H][C@]1(C(=O)O)CO[C@@H](C(C)(C)C)N1C(=O)OCc1ccccc1.[2H][C@]1(C(=O)O)CO[C@@H](C(C)C)N1C(=O)OC(C)(C)C. The lowest BCUT2D eigenvalue weighted by atomic mass is 9.93. The van der Waals surface area contributed by atoms with Gasteiger partial charge < -0.3 is 43.7 Å². The summed E-state index contributed by atoms with van der Waals surface area (Å²) in [4.78, 5) is 73.5. The molecule has 0 bridgehead atoms. The topological polar surface area (TPSA) is 228 Å². The normalized spacial score (nSPS) is 27.9. The van der Waals surface area contributed by atoms with Crippen molar-refractivity contribution in [3.8, 4) is 0 Å². The summed E-state index contributed by atoms with van der Waals surface area (Å²) >= 11 is 0. The molecule has 3 heterocycles. The van der Waals surface area contributed by atoms with E-state index in [1.807, 2.05) is 59.7 Å². The maximum absolute atomic E-state index is 12.4. The van der Waals surface area contributed by atoms with Gasteiger partial charge in [0.15, 0.2) is 18.1 Å². The molecule has 4 rings (SSSR count). The van der Waals surface area contributed by atoms with Crippen LogP contribution in [-0.4, -0.2) is 134 Å². The van der Waals surface area contributed by atoms with Crippen LogP contribution in [-0.2, 0) is 49.4 Å². The molecule has 3 amide bonds. The number of carbonyl (C=O) groups is 6. The number of carboxylic acids is 3. The van der Waals surface area contributed by atoms with E-state index in [2.05, 4.69) is 0 Å². The number of rotatable bonds is 6. The summed E-state index contributed by atoms with van der Waals surface area (Å²) in [6, 6.07) is 2.55. The second kappa shape index (κ2) is 20.1. The van der Waals surface area contributed by atoms with Crippen molar-refractivity contribution in [1.82, 2.24) is 14.7 Å². The molecule has 0 saturated carbocycles. The number of hydrogen-bond acceptors (Lipinski definition) is 12. The summed E-state index contributed by atoms with van der Waals surface area (Å²) in [5.74, 6) is -4.45. The van der Waals surface area contributed by atoms with Gasteiger partial charge in [-0.05, 0) is 53.0 Å². The predicted molar refractivity (Wildman–Crippen MR) is 212 cm³/mol. The molecular formula is C41H65N3O15. The molecule has 0 unspecified atom stereocenters. The Morgan fingerprint density at radius 1 is 0.627 bits per heavy atom. The quantitative estimate of drug-likeness (QED) is 0.269. The van der Waals surface area contributed by atoms with Gasteiger partial charge in [-0.25, -0.2) is 28.8 Å². The van der Waals surface area contributed by atoms with Crippen molar-refractivity contribution < 1.29 is 76.6 Å². The molecule has 334 valence electrons. The van der Waals surface area contributed by atoms with Crippen molar-refractivity contribution in [3.05, 3.63) is 35.9 Å². The Morgan fingerprint density at radius 3 is 1.34 bits per heavy atom. The smallest absolute Gasteiger partial charge is 0.413 e. The van der Waals surface area contributed by atoms with Crippen LogP contribution in [0.2, 0.25) is 0 Å². The Bertz CT molecular complexity index is 1780. The van der Waals surface area contributed by atoms with Crippen molar-refractivity contribution in [3.63, 3.8) is 0 Å². The van der Waals surface area contributed by atoms with Crippen LogP contribution in [0.3, 0.4) is 0 Å². The van der Waals surface area contributed by atoms with Crippen LogP contribution in [0.5, 0.6) is 0 Å². The van der Waals surface area contributed by atoms with E-state index in [1.54, 1.807) is 67.5 Å². The molecular weight excluding hydrogens is 774 g/mol. The summed E-state index contributed by atoms with van der Waals surface area (Å²) in [6.07, 6.45) is -5.02. The highest BCUT2D eigenvalue weighted by Crippen LogP contribution is 2.34. The number of nitrogens with zero attached hydrogens (tertiary/aromatic N) is 3. The van der Waals surface area contributed by atoms with Crippen LogP contribution in [0, 0.1) is 16.7 Å². The molecule has 3 aliphatic heterocycles. The molecule has 0 aliphatic carbocycles. The zero-order valence-corrected chi connectivity index (χ0v) is 36.6. The van der Waals surface area contributed by atoms with Crippen molar-refractivity contribution in [2.45, 2.75) is 151 Å². The molecule has 59 heavy (non-hydrogen) atoms. The molecule has 3 N–H and O–H groups in total. The minimum Gasteiger partial charge on any atom is -0.480 e. The van der Waals surface area contributed by atoms with Gasteiger partial charge in [-0.15, -0.1) is 0 Å². The van der Waals surface area contributed by atoms with Crippen LogP contribution >= 0.6 is 0 Å². The zero-order chi connectivity index (χ0) is 48.2. The number of carbonyl (C=O) groups excluding carboxylic acids is 3. The second-order valence-corrected chi connectivity index (χ2v) is 18.4. The molecule has 1 aromatic carbocycles. The number of benzene rings is 1. The zero-order valence-electron chi connectivity index (χ0n) is 39.6. The first kappa shape index (κ1) is 45.4. The molecule has 0 radical (unpaired) electrons. The Kier molecular flexibility index (Phi) is 15.4. The summed E-state index contributed by atoms with van der Waals surface area (Å²) in [5, 5.41) is 27.8. The Labute approximate surface area is 351 Å². The van der Waals surface area contributed by atoms with Crippen molar-refractivity contribution in [2.24, 2.45) is 16.7 Å². The lowest BCUT2D eigenvalue weighted by molar-refractivity contribution is -0.143. The molecule has 0 spiro atoms. The standard InChI is InChI=1S/C16H21NO5.C13H23NO5.C12H21NO5/c1-16(2,3)14-17(12(10-21-14)13(18)19)15(20)22-9-11-7-5-4-6-8-11;1-12(2,3)10-14(8(7-18-10)9(15)16)11(17)19-13(4,5)6;1-7(2)9-13(8(6-17-9)10(14)15)11(16)18-12(3,4)5/h4-8,12,14H,9-10H2,1-3H3,(H,18,19);8,10H,7H2,1-6H3,(H,15,16);7-9H,6H2,1-5H3,(H,14,15)/t12-,14+;8-,10+;8-,9+/m111/s1/i12D;2*8D. The number of amides is 3. The summed E-state index contributed by atoms with van der Waals surface area (Å²) < 4.78 is 55.8. The average molecular weight is 843 g/mol. The monoisotopic (exact) mass is 842 g/mol. The molecule has 1 aromatic rings. The molecule has 3 fully saturated rings. The van der Waals surface area contributed by atoms with Gasteiger partial charge in [-0.2, -0.15) is 0 Å². The van der Waals surface area contributed by atoms with E-state index >= 15 is 0 Å². The van der Waals surface area contributed by atoms with Gasteiger partial charge in [0.05, 0.1) is 23.9 Å². The molecule has 18 heteroatoms. The minimum absolute atomic E-state index is 0.00271. The summed E-state index contributed by atoms with van der Waals surface area (Å²) in [7, 11) is 0. The first-order valence-corrected chi connectivity index (χ1v) is 19.0. The summed E-state index contributed by atoms with van der Waals surface area (Å²) in [6.45, 7) is 23.4. The largest absolute Gasteiger partial charge is 0.480 e. The van der Waals surface area contributed by atoms with Crippen LogP contribution in [0.1, 0.15) is 107 Å². The highest BCUT2D eigenvalue weighted by molar-refractivity contribution is 5.82. The van der Waals surface area contributed by atoms with E-state index in [0.717, 1.165) is 20.3 Å². The highest BCUT2D eigenvalue weighted by Gasteiger charge is 2.50. The van der Waals surface area contributed by atoms with Crippen LogP contribution in [0.15, 0.2) is 30.3 Å². The van der Waals surface area contributed by atoms with E-state index in [4.69, 9.17) is 32.5 Å². The van der Waals surface area contributed by atoms with E-state index in [9.17, 15) is 44.1 Å². The lowest BCUT2D eigenvalue weighted by Gasteiger charge is -2.35. The minimum atomic E-state index is -2.19. The fraction of sp³-hybridized carbons (Fsp3) is 0.707. The number of ether oxygens (including phenoxy) is 6. The van der Waals surface area contributed by atoms with Gasteiger partial charge >= 0.3 is 36.2 Å². The van der Waals surface area contributed by atoms with Crippen LogP contribution in [0.25, 0.3) is 0 Å². The third-order valence-electron chi connectivity index (χ3n) is 8.12. The molecule has 3 saturated heterocycles. The fourth-order valence-corrected chi connectivity index (χ4v) is 5.65. The Balaban J connectivity index is 0.000000322. The van der Waals surface area contributed by atoms with Gasteiger partial charge in [0.1, 0.15) is 36.5 Å². The number of aliphatic carboxylic acids is 3. The van der Waals surface area contributed by atoms with Gasteiger partial charge in [-0.3, -0.25) is 14.7 Å². The van der Waals surface area contributed by atoms with Crippen LogP contribution in [0.4, 0.5) is 14.4 Å². The van der Waals surface area contributed by atoms with Gasteiger partial charge in [0.2, 0.25) is 0 Å².